The van der Waals surface area contributed by atoms with E-state index in [-0.39, 0.29) is 23.8 Å². The number of halogens is 1. The monoisotopic (exact) mass is 420 g/mol. The van der Waals surface area contributed by atoms with Gasteiger partial charge in [0.05, 0.1) is 19.8 Å². The van der Waals surface area contributed by atoms with Crippen LogP contribution in [0.15, 0.2) is 29.4 Å². The molecule has 8 heteroatoms. The van der Waals surface area contributed by atoms with E-state index < -0.39 is 0 Å². The third kappa shape index (κ3) is 5.79. The molecule has 1 fully saturated rings. The minimum absolute atomic E-state index is 0.0309. The van der Waals surface area contributed by atoms with Crippen LogP contribution in [0.1, 0.15) is 57.3 Å². The molecular weight excluding hydrogens is 389 g/mol. The summed E-state index contributed by atoms with van der Waals surface area (Å²) < 4.78 is 15.4. The van der Waals surface area contributed by atoms with Crippen molar-refractivity contribution < 1.29 is 14.1 Å². The molecule has 1 atom stereocenters. The van der Waals surface area contributed by atoms with Crippen molar-refractivity contribution in [3.63, 3.8) is 0 Å². The molecule has 2 N–H and O–H groups in total. The van der Waals surface area contributed by atoms with E-state index in [2.05, 4.69) is 36.5 Å². The highest BCUT2D eigenvalue weighted by Crippen LogP contribution is 2.25. The Balaban J connectivity index is 1.74. The van der Waals surface area contributed by atoms with Gasteiger partial charge in [0.2, 0.25) is 5.91 Å². The van der Waals surface area contributed by atoms with Gasteiger partial charge in [-0.25, -0.2) is 4.39 Å². The number of quaternary nitrogens is 1. The summed E-state index contributed by atoms with van der Waals surface area (Å²) in [5.74, 6) is 0.831. The van der Waals surface area contributed by atoms with Gasteiger partial charge in [0.25, 0.3) is 0 Å². The summed E-state index contributed by atoms with van der Waals surface area (Å²) in [5, 5.41) is 12.6. The van der Waals surface area contributed by atoms with Crippen molar-refractivity contribution >= 4 is 17.7 Å². The quantitative estimate of drug-likeness (QED) is 0.534. The van der Waals surface area contributed by atoms with Crippen LogP contribution in [0.4, 0.5) is 4.39 Å². The predicted octanol–water partition coefficient (Wildman–Crippen LogP) is 2.54. The van der Waals surface area contributed by atoms with Gasteiger partial charge in [-0.1, -0.05) is 37.4 Å². The maximum atomic E-state index is 13.4. The molecule has 0 spiro atoms. The minimum Gasteiger partial charge on any atom is -0.353 e. The Hall–Kier alpha value is -1.93. The smallest absolute Gasteiger partial charge is 0.230 e. The highest BCUT2D eigenvalue weighted by molar-refractivity contribution is 7.99. The molecule has 1 aliphatic carbocycles. The van der Waals surface area contributed by atoms with Crippen molar-refractivity contribution in [2.75, 3.05) is 19.8 Å². The van der Waals surface area contributed by atoms with Gasteiger partial charge < -0.3 is 10.2 Å². The van der Waals surface area contributed by atoms with Gasteiger partial charge in [0.1, 0.15) is 11.9 Å². The van der Waals surface area contributed by atoms with Crippen molar-refractivity contribution in [3.8, 4) is 5.69 Å². The van der Waals surface area contributed by atoms with Gasteiger partial charge in [0, 0.05) is 11.7 Å². The molecule has 0 aliphatic heterocycles. The molecule has 29 heavy (non-hydrogen) atoms. The number of carbonyl (C=O) groups is 1. The Kier molecular flexibility index (Phi) is 7.66. The average molecular weight is 421 g/mol. The van der Waals surface area contributed by atoms with Crippen LogP contribution in [0, 0.1) is 5.82 Å². The SMILES string of the molecule is C[C@@H](c1nnc(SCC(=O)NC2CCCCCC2)n1-c1ccc(F)cc1)[NH+](C)C. The normalized spacial score (nSPS) is 16.6. The number of rotatable bonds is 7. The summed E-state index contributed by atoms with van der Waals surface area (Å²) >= 11 is 1.37. The van der Waals surface area contributed by atoms with Crippen LogP contribution >= 0.6 is 11.8 Å². The van der Waals surface area contributed by atoms with E-state index >= 15 is 0 Å². The second kappa shape index (κ2) is 10.2. The summed E-state index contributed by atoms with van der Waals surface area (Å²) in [6.07, 6.45) is 7.02. The van der Waals surface area contributed by atoms with Gasteiger partial charge >= 0.3 is 0 Å². The number of nitrogens with one attached hydrogen (secondary N) is 2. The maximum Gasteiger partial charge on any atom is 0.230 e. The number of benzene rings is 1. The summed E-state index contributed by atoms with van der Waals surface area (Å²) in [6.45, 7) is 2.08. The third-order valence-corrected chi connectivity index (χ3v) is 6.48. The molecule has 1 heterocycles. The Bertz CT molecular complexity index is 800. The van der Waals surface area contributed by atoms with E-state index in [4.69, 9.17) is 0 Å². The molecule has 1 aromatic heterocycles. The van der Waals surface area contributed by atoms with Crippen molar-refractivity contribution in [1.29, 1.82) is 0 Å². The first-order valence-electron chi connectivity index (χ1n) is 10.4. The van der Waals surface area contributed by atoms with Crippen LogP contribution in [-0.2, 0) is 4.79 Å². The molecule has 1 saturated carbocycles. The second-order valence-corrected chi connectivity index (χ2v) is 8.94. The van der Waals surface area contributed by atoms with Gasteiger partial charge in [0.15, 0.2) is 11.0 Å². The Morgan fingerprint density at radius 3 is 2.48 bits per heavy atom. The lowest BCUT2D eigenvalue weighted by Crippen LogP contribution is -3.05. The first-order valence-corrected chi connectivity index (χ1v) is 11.4. The second-order valence-electron chi connectivity index (χ2n) is 8.00. The molecule has 0 saturated heterocycles. The lowest BCUT2D eigenvalue weighted by molar-refractivity contribution is -0.890. The zero-order valence-corrected chi connectivity index (χ0v) is 18.3. The number of thioether (sulfide) groups is 1. The molecule has 6 nitrogen and oxygen atoms in total. The fourth-order valence-electron chi connectivity index (χ4n) is 3.57. The van der Waals surface area contributed by atoms with Crippen LogP contribution in [0.3, 0.4) is 0 Å². The summed E-state index contributed by atoms with van der Waals surface area (Å²) in [5.41, 5.74) is 0.797. The molecule has 1 aromatic carbocycles. The Morgan fingerprint density at radius 2 is 1.86 bits per heavy atom. The molecule has 0 radical (unpaired) electrons. The Morgan fingerprint density at radius 1 is 1.21 bits per heavy atom. The van der Waals surface area contributed by atoms with Crippen molar-refractivity contribution in [2.45, 2.75) is 62.7 Å². The van der Waals surface area contributed by atoms with Gasteiger partial charge in [-0.05, 0) is 44.0 Å². The third-order valence-electron chi connectivity index (χ3n) is 5.55. The Labute approximate surface area is 176 Å². The number of amides is 1. The predicted molar refractivity (Wildman–Crippen MR) is 113 cm³/mol. The van der Waals surface area contributed by atoms with Crippen LogP contribution in [0.25, 0.3) is 5.69 Å². The highest BCUT2D eigenvalue weighted by Gasteiger charge is 2.24. The van der Waals surface area contributed by atoms with Gasteiger partial charge in [-0.3, -0.25) is 9.36 Å². The summed E-state index contributed by atoms with van der Waals surface area (Å²) in [6, 6.07) is 6.68. The van der Waals surface area contributed by atoms with Crippen molar-refractivity contribution in [2.24, 2.45) is 0 Å². The first kappa shape index (κ1) is 21.8. The fourth-order valence-corrected chi connectivity index (χ4v) is 4.34. The van der Waals surface area contributed by atoms with Crippen LogP contribution in [0.2, 0.25) is 0 Å². The number of hydrogen-bond donors (Lipinski definition) is 2. The molecule has 0 unspecified atom stereocenters. The van der Waals surface area contributed by atoms with Crippen molar-refractivity contribution in [1.82, 2.24) is 20.1 Å². The molecule has 158 valence electrons. The van der Waals surface area contributed by atoms with Crippen molar-refractivity contribution in [3.05, 3.63) is 35.9 Å². The fraction of sp³-hybridized carbons (Fsp3) is 0.571. The number of carbonyl (C=O) groups excluding carboxylic acids is 1. The van der Waals surface area contributed by atoms with E-state index in [1.807, 2.05) is 4.57 Å². The first-order chi connectivity index (χ1) is 14.0. The molecule has 3 rings (SSSR count). The number of nitrogens with zero attached hydrogens (tertiary/aromatic N) is 3. The lowest BCUT2D eigenvalue weighted by Gasteiger charge is -2.18. The average Bonchev–Trinajstić information content (AvgIpc) is 2.95. The van der Waals surface area contributed by atoms with Crippen LogP contribution in [-0.4, -0.2) is 46.6 Å². The van der Waals surface area contributed by atoms with E-state index in [1.54, 1.807) is 12.1 Å². The largest absolute Gasteiger partial charge is 0.353 e. The lowest BCUT2D eigenvalue weighted by atomic mass is 10.1. The zero-order valence-electron chi connectivity index (χ0n) is 17.4. The highest BCUT2D eigenvalue weighted by atomic mass is 32.2. The molecular formula is C21H31FN5OS+. The molecule has 1 amide bonds. The minimum atomic E-state index is -0.286. The number of aromatic nitrogens is 3. The van der Waals surface area contributed by atoms with E-state index in [9.17, 15) is 9.18 Å². The van der Waals surface area contributed by atoms with E-state index in [0.717, 1.165) is 24.4 Å². The van der Waals surface area contributed by atoms with Gasteiger partial charge in [-0.15, -0.1) is 10.2 Å². The van der Waals surface area contributed by atoms with E-state index in [0.29, 0.717) is 10.9 Å². The molecule has 1 aliphatic rings. The summed E-state index contributed by atoms with van der Waals surface area (Å²) in [4.78, 5) is 13.7. The summed E-state index contributed by atoms with van der Waals surface area (Å²) in [7, 11) is 4.11. The van der Waals surface area contributed by atoms with Gasteiger partial charge in [-0.2, -0.15) is 0 Å². The number of hydrogen-bond acceptors (Lipinski definition) is 4. The standard InChI is InChI=1S/C21H30FN5OS/c1-15(26(2)3)20-24-25-21(27(20)18-12-10-16(22)11-13-18)29-14-19(28)23-17-8-6-4-5-7-9-17/h10-13,15,17H,4-9,14H2,1-3H3,(H,23,28)/p+1/t15-/m0/s1. The molecule has 0 bridgehead atoms. The van der Waals surface area contributed by atoms with Crippen LogP contribution < -0.4 is 10.2 Å². The molecule has 2 aromatic rings. The van der Waals surface area contributed by atoms with Crippen LogP contribution in [0.5, 0.6) is 0 Å². The topological polar surface area (TPSA) is 64.2 Å². The maximum absolute atomic E-state index is 13.4. The van der Waals surface area contributed by atoms with E-state index in [1.165, 1.54) is 54.5 Å². The zero-order chi connectivity index (χ0) is 20.8.